The number of hydrogen-bond donors (Lipinski definition) is 2. The third-order valence-electron chi connectivity index (χ3n) is 2.32. The smallest absolute Gasteiger partial charge is 0.307 e. The molecule has 0 aliphatic rings. The van der Waals surface area contributed by atoms with Crippen LogP contribution in [0.25, 0.3) is 0 Å². The first-order valence-corrected chi connectivity index (χ1v) is 6.11. The summed E-state index contributed by atoms with van der Waals surface area (Å²) in [6.45, 7) is 5.86. The quantitative estimate of drug-likeness (QED) is 0.235. The molecule has 0 amide bonds. The Morgan fingerprint density at radius 2 is 1.89 bits per heavy atom. The molecule has 0 unspecified atom stereocenters. The first-order valence-electron chi connectivity index (χ1n) is 6.11. The van der Waals surface area contributed by atoms with Gasteiger partial charge in [0.05, 0.1) is 13.5 Å². The Hall–Kier alpha value is -0.530. The lowest BCUT2D eigenvalue weighted by atomic mass is 10.1. The van der Waals surface area contributed by atoms with E-state index in [9.17, 15) is 4.79 Å². The van der Waals surface area contributed by atoms with E-state index < -0.39 is 0 Å². The molecule has 0 aromatic rings. The second kappa shape index (κ2) is 12.9. The number of nitrogens with zero attached hydrogens (tertiary/aromatic N) is 1. The molecule has 0 aliphatic heterocycles. The number of hydrogen-bond acceptors (Lipinski definition) is 3. The van der Waals surface area contributed by atoms with Crippen molar-refractivity contribution >= 4 is 35.9 Å². The van der Waals surface area contributed by atoms with E-state index in [1.165, 1.54) is 13.5 Å². The molecule has 18 heavy (non-hydrogen) atoms. The summed E-state index contributed by atoms with van der Waals surface area (Å²) >= 11 is 0. The fourth-order valence-corrected chi connectivity index (χ4v) is 1.32. The highest BCUT2D eigenvalue weighted by molar-refractivity contribution is 14.0. The third kappa shape index (κ3) is 11.9. The van der Waals surface area contributed by atoms with Crippen LogP contribution in [0.2, 0.25) is 0 Å². The highest BCUT2D eigenvalue weighted by Gasteiger charge is 2.01. The molecule has 0 saturated carbocycles. The van der Waals surface area contributed by atoms with Gasteiger partial charge in [0.2, 0.25) is 0 Å². The lowest BCUT2D eigenvalue weighted by molar-refractivity contribution is -0.140. The largest absolute Gasteiger partial charge is 0.469 e. The number of nitrogens with one attached hydrogen (secondary N) is 2. The molecular weight excluding hydrogens is 345 g/mol. The minimum Gasteiger partial charge on any atom is -0.469 e. The Morgan fingerprint density at radius 1 is 1.28 bits per heavy atom. The van der Waals surface area contributed by atoms with Crippen LogP contribution in [0.15, 0.2) is 4.99 Å². The molecule has 0 aromatic carbocycles. The van der Waals surface area contributed by atoms with E-state index in [-0.39, 0.29) is 29.9 Å². The summed E-state index contributed by atoms with van der Waals surface area (Å²) in [7, 11) is 3.11. The number of methoxy groups -OCH3 is 1. The van der Waals surface area contributed by atoms with E-state index in [1.54, 1.807) is 7.05 Å². The fraction of sp³-hybridized carbons (Fsp3) is 0.833. The Kier molecular flexibility index (Phi) is 14.2. The maximum Gasteiger partial charge on any atom is 0.307 e. The van der Waals surface area contributed by atoms with Crippen LogP contribution < -0.4 is 10.6 Å². The van der Waals surface area contributed by atoms with E-state index in [0.29, 0.717) is 13.0 Å². The minimum absolute atomic E-state index is 0. The summed E-state index contributed by atoms with van der Waals surface area (Å²) in [5.41, 5.74) is 0. The van der Waals surface area contributed by atoms with Gasteiger partial charge in [-0.05, 0) is 18.8 Å². The second-order valence-electron chi connectivity index (χ2n) is 4.29. The molecule has 0 atom stereocenters. The van der Waals surface area contributed by atoms with E-state index >= 15 is 0 Å². The molecule has 0 rings (SSSR count). The maximum atomic E-state index is 10.9. The van der Waals surface area contributed by atoms with Crippen molar-refractivity contribution in [1.29, 1.82) is 0 Å². The van der Waals surface area contributed by atoms with Gasteiger partial charge >= 0.3 is 5.97 Å². The van der Waals surface area contributed by atoms with Gasteiger partial charge in [0.15, 0.2) is 5.96 Å². The summed E-state index contributed by atoms with van der Waals surface area (Å²) in [5, 5.41) is 6.26. The van der Waals surface area contributed by atoms with Gasteiger partial charge in [-0.25, -0.2) is 0 Å². The number of carbonyl (C=O) groups excluding carboxylic acids is 1. The van der Waals surface area contributed by atoms with Gasteiger partial charge in [0, 0.05) is 20.1 Å². The SMILES string of the molecule is CN=C(NCCCC(C)C)NCCC(=O)OC.I. The highest BCUT2D eigenvalue weighted by atomic mass is 127. The van der Waals surface area contributed by atoms with Gasteiger partial charge in [-0.15, -0.1) is 24.0 Å². The predicted molar refractivity (Wildman–Crippen MR) is 85.5 cm³/mol. The van der Waals surface area contributed by atoms with E-state index in [0.717, 1.165) is 24.8 Å². The third-order valence-corrected chi connectivity index (χ3v) is 2.32. The number of esters is 1. The molecule has 0 spiro atoms. The van der Waals surface area contributed by atoms with Crippen LogP contribution in [-0.4, -0.2) is 39.2 Å². The fourth-order valence-electron chi connectivity index (χ4n) is 1.32. The molecular formula is C12H26IN3O2. The number of halogens is 1. The molecule has 0 fully saturated rings. The first-order chi connectivity index (χ1) is 8.10. The van der Waals surface area contributed by atoms with Crippen molar-refractivity contribution in [3.05, 3.63) is 0 Å². The number of carbonyl (C=O) groups is 1. The molecule has 5 nitrogen and oxygen atoms in total. The molecule has 2 N–H and O–H groups in total. The molecule has 0 aromatic heterocycles. The van der Waals surface area contributed by atoms with Crippen LogP contribution in [0.3, 0.4) is 0 Å². The van der Waals surface area contributed by atoms with Crippen LogP contribution in [0.1, 0.15) is 33.1 Å². The zero-order chi connectivity index (χ0) is 13.1. The van der Waals surface area contributed by atoms with Crippen molar-refractivity contribution in [2.24, 2.45) is 10.9 Å². The summed E-state index contributed by atoms with van der Waals surface area (Å²) in [6.07, 6.45) is 2.67. The van der Waals surface area contributed by atoms with E-state index in [1.807, 2.05) is 0 Å². The standard InChI is InChI=1S/C12H25N3O2.HI/c1-10(2)6-5-8-14-12(13-3)15-9-7-11(16)17-4;/h10H,5-9H2,1-4H3,(H2,13,14,15);1H. The van der Waals surface area contributed by atoms with E-state index in [4.69, 9.17) is 0 Å². The lowest BCUT2D eigenvalue weighted by Crippen LogP contribution is -2.38. The average molecular weight is 371 g/mol. The number of ether oxygens (including phenoxy) is 1. The number of rotatable bonds is 7. The summed E-state index contributed by atoms with van der Waals surface area (Å²) in [5.74, 6) is 1.25. The van der Waals surface area contributed by atoms with Crippen LogP contribution in [0, 0.1) is 5.92 Å². The molecule has 0 radical (unpaired) electrons. The van der Waals surface area contributed by atoms with Crippen LogP contribution in [-0.2, 0) is 9.53 Å². The summed E-state index contributed by atoms with van der Waals surface area (Å²) < 4.78 is 4.55. The van der Waals surface area contributed by atoms with Crippen molar-refractivity contribution < 1.29 is 9.53 Å². The normalized spacial score (nSPS) is 10.8. The monoisotopic (exact) mass is 371 g/mol. The predicted octanol–water partition coefficient (Wildman–Crippen LogP) is 1.77. The Morgan fingerprint density at radius 3 is 2.39 bits per heavy atom. The van der Waals surface area contributed by atoms with Crippen molar-refractivity contribution in [3.8, 4) is 0 Å². The lowest BCUT2D eigenvalue weighted by Gasteiger charge is -2.11. The summed E-state index contributed by atoms with van der Waals surface area (Å²) in [6, 6.07) is 0. The van der Waals surface area contributed by atoms with E-state index in [2.05, 4.69) is 34.2 Å². The van der Waals surface area contributed by atoms with Gasteiger partial charge in [-0.2, -0.15) is 0 Å². The maximum absolute atomic E-state index is 10.9. The number of aliphatic imine (C=N–C) groups is 1. The second-order valence-corrected chi connectivity index (χ2v) is 4.29. The topological polar surface area (TPSA) is 62.7 Å². The molecule has 6 heteroatoms. The zero-order valence-electron chi connectivity index (χ0n) is 11.8. The minimum atomic E-state index is -0.215. The molecule has 0 aliphatic carbocycles. The van der Waals surface area contributed by atoms with Crippen LogP contribution in [0.5, 0.6) is 0 Å². The van der Waals surface area contributed by atoms with Crippen molar-refractivity contribution in [3.63, 3.8) is 0 Å². The highest BCUT2D eigenvalue weighted by Crippen LogP contribution is 2.01. The van der Waals surface area contributed by atoms with Crippen molar-refractivity contribution in [2.75, 3.05) is 27.2 Å². The van der Waals surface area contributed by atoms with Gasteiger partial charge in [-0.3, -0.25) is 9.79 Å². The summed E-state index contributed by atoms with van der Waals surface area (Å²) in [4.78, 5) is 15.0. The molecule has 0 saturated heterocycles. The van der Waals surface area contributed by atoms with Gasteiger partial charge < -0.3 is 15.4 Å². The Balaban J connectivity index is 0. The van der Waals surface area contributed by atoms with Crippen LogP contribution in [0.4, 0.5) is 0 Å². The molecule has 108 valence electrons. The Labute approximate surface area is 127 Å². The van der Waals surface area contributed by atoms with Gasteiger partial charge in [0.1, 0.15) is 0 Å². The van der Waals surface area contributed by atoms with Gasteiger partial charge in [0.25, 0.3) is 0 Å². The van der Waals surface area contributed by atoms with Crippen molar-refractivity contribution in [1.82, 2.24) is 10.6 Å². The van der Waals surface area contributed by atoms with Gasteiger partial charge in [-0.1, -0.05) is 13.8 Å². The first kappa shape index (κ1) is 19.8. The average Bonchev–Trinajstić information content (AvgIpc) is 2.31. The zero-order valence-corrected chi connectivity index (χ0v) is 14.1. The Bertz CT molecular complexity index is 245. The van der Waals surface area contributed by atoms with Crippen LogP contribution >= 0.6 is 24.0 Å². The molecule has 0 heterocycles. The number of guanidine groups is 1. The molecule has 0 bridgehead atoms. The van der Waals surface area contributed by atoms with Crippen molar-refractivity contribution in [2.45, 2.75) is 33.1 Å².